The highest BCUT2D eigenvalue weighted by Gasteiger charge is 2.22. The Morgan fingerprint density at radius 1 is 1.16 bits per heavy atom. The minimum atomic E-state index is -0.821. The highest BCUT2D eigenvalue weighted by atomic mass is 19.2. The van der Waals surface area contributed by atoms with E-state index < -0.39 is 11.6 Å². The smallest absolute Gasteiger partial charge is 0.191 e. The third-order valence-corrected chi connectivity index (χ3v) is 4.15. The molecule has 2 N–H and O–H groups in total. The number of nitrogens with one attached hydrogen (secondary N) is 2. The summed E-state index contributed by atoms with van der Waals surface area (Å²) in [5.74, 6) is -0.0717. The molecule has 25 heavy (non-hydrogen) atoms. The van der Waals surface area contributed by atoms with E-state index in [-0.39, 0.29) is 6.10 Å². The molecule has 3 rings (SSSR count). The lowest BCUT2D eigenvalue weighted by atomic mass is 10.1. The van der Waals surface area contributed by atoms with Crippen molar-refractivity contribution in [2.24, 2.45) is 4.99 Å². The first-order chi connectivity index (χ1) is 12.2. The van der Waals surface area contributed by atoms with Gasteiger partial charge in [-0.3, -0.25) is 4.99 Å². The van der Waals surface area contributed by atoms with Gasteiger partial charge in [-0.25, -0.2) is 8.78 Å². The first-order valence-electron chi connectivity index (χ1n) is 8.29. The third kappa shape index (κ3) is 4.26. The number of benzene rings is 2. The highest BCUT2D eigenvalue weighted by molar-refractivity contribution is 5.79. The Labute approximate surface area is 145 Å². The molecule has 1 atom stereocenters. The second-order valence-corrected chi connectivity index (χ2v) is 5.89. The van der Waals surface area contributed by atoms with E-state index >= 15 is 0 Å². The zero-order chi connectivity index (χ0) is 17.6. The Balaban J connectivity index is 1.44. The van der Waals surface area contributed by atoms with Gasteiger partial charge >= 0.3 is 0 Å². The Morgan fingerprint density at radius 3 is 2.80 bits per heavy atom. The number of ether oxygens (including phenoxy) is 1. The topological polar surface area (TPSA) is 45.7 Å². The Morgan fingerprint density at radius 2 is 2.00 bits per heavy atom. The molecule has 0 saturated carbocycles. The minimum absolute atomic E-state index is 0.0524. The van der Waals surface area contributed by atoms with Crippen LogP contribution in [0.25, 0.3) is 0 Å². The molecule has 0 saturated heterocycles. The fourth-order valence-electron chi connectivity index (χ4n) is 2.86. The quantitative estimate of drug-likeness (QED) is 0.647. The van der Waals surface area contributed by atoms with Gasteiger partial charge in [-0.2, -0.15) is 0 Å². The van der Waals surface area contributed by atoms with Crippen molar-refractivity contribution in [2.45, 2.75) is 18.9 Å². The average Bonchev–Trinajstić information content (AvgIpc) is 3.04. The molecule has 0 fully saturated rings. The second kappa shape index (κ2) is 7.96. The van der Waals surface area contributed by atoms with Crippen LogP contribution in [-0.2, 0) is 12.8 Å². The summed E-state index contributed by atoms with van der Waals surface area (Å²) in [6.07, 6.45) is 1.28. The van der Waals surface area contributed by atoms with Crippen LogP contribution in [0.15, 0.2) is 47.5 Å². The van der Waals surface area contributed by atoms with Crippen LogP contribution < -0.4 is 15.4 Å². The zero-order valence-corrected chi connectivity index (χ0v) is 14.1. The first kappa shape index (κ1) is 17.2. The van der Waals surface area contributed by atoms with Crippen LogP contribution in [0.5, 0.6) is 5.75 Å². The molecule has 2 aromatic rings. The van der Waals surface area contributed by atoms with Crippen LogP contribution in [-0.4, -0.2) is 32.2 Å². The molecule has 132 valence electrons. The van der Waals surface area contributed by atoms with Gasteiger partial charge in [0.15, 0.2) is 17.6 Å². The predicted octanol–water partition coefficient (Wildman–Crippen LogP) is 2.68. The average molecular weight is 345 g/mol. The monoisotopic (exact) mass is 345 g/mol. The van der Waals surface area contributed by atoms with Gasteiger partial charge in [-0.05, 0) is 29.7 Å². The SMILES string of the molecule is CN=C(NCCc1cccc(F)c1F)NCC1Cc2ccccc2O1. The molecular weight excluding hydrogens is 324 g/mol. The maximum atomic E-state index is 13.6. The van der Waals surface area contributed by atoms with Crippen molar-refractivity contribution in [1.82, 2.24) is 10.6 Å². The molecule has 0 amide bonds. The molecular formula is C19H21F2N3O. The Kier molecular flexibility index (Phi) is 5.48. The summed E-state index contributed by atoms with van der Waals surface area (Å²) in [6.45, 7) is 1.06. The van der Waals surface area contributed by atoms with Crippen molar-refractivity contribution in [1.29, 1.82) is 0 Å². The molecule has 1 aliphatic rings. The van der Waals surface area contributed by atoms with Gasteiger partial charge < -0.3 is 15.4 Å². The van der Waals surface area contributed by atoms with Gasteiger partial charge in [-0.15, -0.1) is 0 Å². The summed E-state index contributed by atoms with van der Waals surface area (Å²) in [5, 5.41) is 6.31. The molecule has 4 nitrogen and oxygen atoms in total. The molecule has 0 radical (unpaired) electrons. The summed E-state index contributed by atoms with van der Waals surface area (Å²) in [4.78, 5) is 4.14. The van der Waals surface area contributed by atoms with Crippen LogP contribution in [0.1, 0.15) is 11.1 Å². The maximum Gasteiger partial charge on any atom is 0.191 e. The number of para-hydroxylation sites is 1. The number of guanidine groups is 1. The van der Waals surface area contributed by atoms with Crippen molar-refractivity contribution in [3.63, 3.8) is 0 Å². The lowest BCUT2D eigenvalue weighted by Gasteiger charge is -2.15. The maximum absolute atomic E-state index is 13.6. The van der Waals surface area contributed by atoms with Crippen molar-refractivity contribution in [3.8, 4) is 5.75 Å². The largest absolute Gasteiger partial charge is 0.488 e. The molecule has 6 heteroatoms. The van der Waals surface area contributed by atoms with Crippen LogP contribution in [0.2, 0.25) is 0 Å². The van der Waals surface area contributed by atoms with Crippen molar-refractivity contribution < 1.29 is 13.5 Å². The van der Waals surface area contributed by atoms with E-state index in [1.54, 1.807) is 13.1 Å². The molecule has 0 aromatic heterocycles. The molecule has 1 unspecified atom stereocenters. The van der Waals surface area contributed by atoms with E-state index in [1.165, 1.54) is 11.6 Å². The van der Waals surface area contributed by atoms with E-state index in [9.17, 15) is 8.78 Å². The number of aliphatic imine (C=N–C) groups is 1. The van der Waals surface area contributed by atoms with Crippen molar-refractivity contribution >= 4 is 5.96 Å². The number of hydrogen-bond donors (Lipinski definition) is 2. The van der Waals surface area contributed by atoms with Gasteiger partial charge in [0.1, 0.15) is 11.9 Å². The van der Waals surface area contributed by atoms with Crippen LogP contribution in [0, 0.1) is 11.6 Å². The standard InChI is InChI=1S/C19H21F2N3O/c1-22-19(23-10-9-13-6-4-7-16(20)18(13)21)24-12-15-11-14-5-2-3-8-17(14)25-15/h2-8,15H,9-12H2,1H3,(H2,22,23,24). The van der Waals surface area contributed by atoms with Crippen LogP contribution >= 0.6 is 0 Å². The number of nitrogens with zero attached hydrogens (tertiary/aromatic N) is 1. The van der Waals surface area contributed by atoms with Gasteiger partial charge in [0.25, 0.3) is 0 Å². The Bertz CT molecular complexity index is 739. The van der Waals surface area contributed by atoms with E-state index in [0.717, 1.165) is 18.2 Å². The Hall–Kier alpha value is -2.63. The summed E-state index contributed by atoms with van der Waals surface area (Å²) in [7, 11) is 1.67. The second-order valence-electron chi connectivity index (χ2n) is 5.89. The number of fused-ring (bicyclic) bond motifs is 1. The predicted molar refractivity (Wildman–Crippen MR) is 94.0 cm³/mol. The van der Waals surface area contributed by atoms with E-state index in [1.807, 2.05) is 18.2 Å². The minimum Gasteiger partial charge on any atom is -0.488 e. The molecule has 0 aliphatic carbocycles. The van der Waals surface area contributed by atoms with Gasteiger partial charge in [0.05, 0.1) is 6.54 Å². The van der Waals surface area contributed by atoms with Crippen LogP contribution in [0.3, 0.4) is 0 Å². The normalized spacial score (nSPS) is 16.3. The van der Waals surface area contributed by atoms with Crippen LogP contribution in [0.4, 0.5) is 8.78 Å². The van der Waals surface area contributed by atoms with E-state index in [4.69, 9.17) is 4.74 Å². The molecule has 2 aromatic carbocycles. The first-order valence-corrected chi connectivity index (χ1v) is 8.29. The molecule has 1 aliphatic heterocycles. The summed E-state index contributed by atoms with van der Waals surface area (Å²) >= 11 is 0. The lowest BCUT2D eigenvalue weighted by molar-refractivity contribution is 0.235. The summed E-state index contributed by atoms with van der Waals surface area (Å²) in [6, 6.07) is 12.2. The fourth-order valence-corrected chi connectivity index (χ4v) is 2.86. The van der Waals surface area contributed by atoms with Crippen molar-refractivity contribution in [3.05, 3.63) is 65.2 Å². The molecule has 1 heterocycles. The molecule has 0 bridgehead atoms. The summed E-state index contributed by atoms with van der Waals surface area (Å²) < 4.78 is 32.7. The highest BCUT2D eigenvalue weighted by Crippen LogP contribution is 2.27. The summed E-state index contributed by atoms with van der Waals surface area (Å²) in [5.41, 5.74) is 1.55. The van der Waals surface area contributed by atoms with Gasteiger partial charge in [0.2, 0.25) is 0 Å². The number of halogens is 2. The third-order valence-electron chi connectivity index (χ3n) is 4.15. The van der Waals surface area contributed by atoms with E-state index in [2.05, 4.69) is 21.7 Å². The number of rotatable bonds is 5. The van der Waals surface area contributed by atoms with Crippen molar-refractivity contribution in [2.75, 3.05) is 20.1 Å². The molecule has 0 spiro atoms. The lowest BCUT2D eigenvalue weighted by Crippen LogP contribution is -2.42. The zero-order valence-electron chi connectivity index (χ0n) is 14.1. The van der Waals surface area contributed by atoms with Gasteiger partial charge in [-0.1, -0.05) is 30.3 Å². The van der Waals surface area contributed by atoms with Gasteiger partial charge in [0, 0.05) is 20.0 Å². The fraction of sp³-hybridized carbons (Fsp3) is 0.316. The number of hydrogen-bond acceptors (Lipinski definition) is 2. The van der Waals surface area contributed by atoms with E-state index in [0.29, 0.717) is 31.0 Å².